The molecule has 2 rings (SSSR count). The van der Waals surface area contributed by atoms with Crippen molar-refractivity contribution in [2.24, 2.45) is 0 Å². The van der Waals surface area contributed by atoms with E-state index in [0.29, 0.717) is 18.2 Å². The average Bonchev–Trinajstić information content (AvgIpc) is 2.72. The van der Waals surface area contributed by atoms with E-state index in [1.54, 1.807) is 13.4 Å². The second-order valence-electron chi connectivity index (χ2n) is 4.71. The summed E-state index contributed by atoms with van der Waals surface area (Å²) >= 11 is 0. The highest BCUT2D eigenvalue weighted by Crippen LogP contribution is 2.23. The maximum Gasteiger partial charge on any atom is 0.103 e. The van der Waals surface area contributed by atoms with Crippen molar-refractivity contribution >= 4 is 0 Å². The summed E-state index contributed by atoms with van der Waals surface area (Å²) in [5.41, 5.74) is 0. The first kappa shape index (κ1) is 11.7. The van der Waals surface area contributed by atoms with Gasteiger partial charge in [-0.3, -0.25) is 0 Å². The largest absolute Gasteiger partial charge is 0.469 e. The molecule has 0 amide bonds. The number of aryl methyl sites for hydroxylation is 1. The first-order valence-electron chi connectivity index (χ1n) is 6.09. The molecule has 1 aliphatic carbocycles. The van der Waals surface area contributed by atoms with Crippen molar-refractivity contribution in [2.75, 3.05) is 7.11 Å². The molecule has 1 fully saturated rings. The maximum absolute atomic E-state index is 5.32. The van der Waals surface area contributed by atoms with E-state index >= 15 is 0 Å². The van der Waals surface area contributed by atoms with E-state index in [4.69, 9.17) is 9.15 Å². The molecule has 1 heterocycles. The lowest BCUT2D eigenvalue weighted by Gasteiger charge is -2.36. The van der Waals surface area contributed by atoms with Crippen LogP contribution in [0.15, 0.2) is 22.8 Å². The number of nitrogens with one attached hydrogen (secondary N) is 1. The smallest absolute Gasteiger partial charge is 0.103 e. The molecule has 1 aromatic heterocycles. The van der Waals surface area contributed by atoms with Gasteiger partial charge in [-0.2, -0.15) is 0 Å². The van der Waals surface area contributed by atoms with Gasteiger partial charge in [0, 0.05) is 25.6 Å². The zero-order valence-corrected chi connectivity index (χ0v) is 10.1. The maximum atomic E-state index is 5.32. The van der Waals surface area contributed by atoms with Crippen molar-refractivity contribution in [3.63, 3.8) is 0 Å². The van der Waals surface area contributed by atoms with Crippen LogP contribution in [-0.2, 0) is 11.2 Å². The van der Waals surface area contributed by atoms with E-state index in [2.05, 4.69) is 12.2 Å². The molecule has 0 spiro atoms. The molecular weight excluding hydrogens is 202 g/mol. The van der Waals surface area contributed by atoms with Crippen LogP contribution in [0.25, 0.3) is 0 Å². The minimum Gasteiger partial charge on any atom is -0.469 e. The van der Waals surface area contributed by atoms with E-state index in [9.17, 15) is 0 Å². The highest BCUT2D eigenvalue weighted by molar-refractivity contribution is 4.98. The lowest BCUT2D eigenvalue weighted by Crippen LogP contribution is -2.48. The van der Waals surface area contributed by atoms with Crippen LogP contribution in [-0.4, -0.2) is 25.3 Å². The Morgan fingerprint density at radius 2 is 2.38 bits per heavy atom. The molecule has 0 radical (unpaired) electrons. The van der Waals surface area contributed by atoms with Crippen molar-refractivity contribution < 1.29 is 9.15 Å². The van der Waals surface area contributed by atoms with Crippen molar-refractivity contribution in [1.29, 1.82) is 0 Å². The Morgan fingerprint density at radius 1 is 1.56 bits per heavy atom. The highest BCUT2D eigenvalue weighted by Gasteiger charge is 2.29. The van der Waals surface area contributed by atoms with Crippen LogP contribution in [0.4, 0.5) is 0 Å². The Balaban J connectivity index is 1.60. The minimum absolute atomic E-state index is 0.481. The number of ether oxygens (including phenoxy) is 1. The Kier molecular flexibility index (Phi) is 4.02. The summed E-state index contributed by atoms with van der Waals surface area (Å²) in [6, 6.07) is 5.18. The van der Waals surface area contributed by atoms with E-state index in [1.165, 1.54) is 0 Å². The van der Waals surface area contributed by atoms with Crippen molar-refractivity contribution in [1.82, 2.24) is 5.32 Å². The highest BCUT2D eigenvalue weighted by atomic mass is 16.5. The summed E-state index contributed by atoms with van der Waals surface area (Å²) in [4.78, 5) is 0. The van der Waals surface area contributed by atoms with E-state index < -0.39 is 0 Å². The van der Waals surface area contributed by atoms with Gasteiger partial charge in [0.25, 0.3) is 0 Å². The van der Waals surface area contributed by atoms with Crippen molar-refractivity contribution in [3.8, 4) is 0 Å². The van der Waals surface area contributed by atoms with Crippen LogP contribution in [0, 0.1) is 0 Å². The van der Waals surface area contributed by atoms with E-state index in [0.717, 1.165) is 31.4 Å². The molecule has 0 aromatic carbocycles. The first-order chi connectivity index (χ1) is 7.78. The Morgan fingerprint density at radius 3 is 3.00 bits per heavy atom. The lowest BCUT2D eigenvalue weighted by atomic mass is 9.88. The fourth-order valence-corrected chi connectivity index (χ4v) is 2.19. The molecule has 3 heteroatoms. The van der Waals surface area contributed by atoms with Gasteiger partial charge < -0.3 is 14.5 Å². The topological polar surface area (TPSA) is 34.4 Å². The number of rotatable bonds is 6. The Bertz CT molecular complexity index is 291. The fourth-order valence-electron chi connectivity index (χ4n) is 2.19. The normalized spacial score (nSPS) is 26.4. The summed E-state index contributed by atoms with van der Waals surface area (Å²) in [6.45, 7) is 2.24. The number of methoxy groups -OCH3 is 1. The van der Waals surface area contributed by atoms with Crippen LogP contribution in [0.3, 0.4) is 0 Å². The Labute approximate surface area is 97.2 Å². The summed E-state index contributed by atoms with van der Waals surface area (Å²) < 4.78 is 10.6. The Hall–Kier alpha value is -0.800. The van der Waals surface area contributed by atoms with Crippen LogP contribution < -0.4 is 5.32 Å². The fraction of sp³-hybridized carbons (Fsp3) is 0.692. The van der Waals surface area contributed by atoms with Gasteiger partial charge in [-0.25, -0.2) is 0 Å². The predicted octanol–water partition coefficient (Wildman–Crippen LogP) is 2.37. The van der Waals surface area contributed by atoms with Crippen LogP contribution >= 0.6 is 0 Å². The van der Waals surface area contributed by atoms with Gasteiger partial charge >= 0.3 is 0 Å². The van der Waals surface area contributed by atoms with E-state index in [-0.39, 0.29) is 0 Å². The van der Waals surface area contributed by atoms with Crippen LogP contribution in [0.2, 0.25) is 0 Å². The molecule has 90 valence electrons. The lowest BCUT2D eigenvalue weighted by molar-refractivity contribution is 0.0145. The molecule has 1 aliphatic rings. The molecule has 3 nitrogen and oxygen atoms in total. The molecule has 0 bridgehead atoms. The van der Waals surface area contributed by atoms with Crippen molar-refractivity contribution in [3.05, 3.63) is 24.2 Å². The molecule has 0 saturated heterocycles. The molecule has 1 unspecified atom stereocenters. The van der Waals surface area contributed by atoms with Crippen molar-refractivity contribution in [2.45, 2.75) is 50.8 Å². The molecule has 1 saturated carbocycles. The first-order valence-corrected chi connectivity index (χ1v) is 6.09. The third kappa shape index (κ3) is 3.09. The van der Waals surface area contributed by atoms with Gasteiger partial charge in [0.15, 0.2) is 0 Å². The van der Waals surface area contributed by atoms with Crippen LogP contribution in [0.1, 0.15) is 31.9 Å². The summed E-state index contributed by atoms with van der Waals surface area (Å²) in [5, 5.41) is 3.62. The number of furan rings is 1. The van der Waals surface area contributed by atoms with Gasteiger partial charge in [-0.05, 0) is 38.3 Å². The molecular formula is C13H21NO2. The summed E-state index contributed by atoms with van der Waals surface area (Å²) in [7, 11) is 1.79. The molecule has 1 atom stereocenters. The molecule has 16 heavy (non-hydrogen) atoms. The third-order valence-corrected chi connectivity index (χ3v) is 3.35. The SMILES string of the molecule is COC1CC(NC(C)CCc2ccco2)C1. The van der Waals surface area contributed by atoms with Crippen LogP contribution in [0.5, 0.6) is 0 Å². The predicted molar refractivity (Wildman–Crippen MR) is 63.4 cm³/mol. The van der Waals surface area contributed by atoms with Gasteiger partial charge in [-0.15, -0.1) is 0 Å². The zero-order chi connectivity index (χ0) is 11.4. The third-order valence-electron chi connectivity index (χ3n) is 3.35. The monoisotopic (exact) mass is 223 g/mol. The molecule has 1 aromatic rings. The van der Waals surface area contributed by atoms with E-state index in [1.807, 2.05) is 12.1 Å². The van der Waals surface area contributed by atoms with Gasteiger partial charge in [-0.1, -0.05) is 0 Å². The second kappa shape index (κ2) is 5.51. The van der Waals surface area contributed by atoms with Gasteiger partial charge in [0.2, 0.25) is 0 Å². The minimum atomic E-state index is 0.481. The standard InChI is InChI=1S/C13H21NO2/c1-10(5-6-12-4-3-7-16-12)14-11-8-13(9-11)15-2/h3-4,7,10-11,13-14H,5-6,8-9H2,1-2H3. The average molecular weight is 223 g/mol. The quantitative estimate of drug-likeness (QED) is 0.804. The number of hydrogen-bond donors (Lipinski definition) is 1. The second-order valence-corrected chi connectivity index (χ2v) is 4.71. The van der Waals surface area contributed by atoms with Gasteiger partial charge in [0.05, 0.1) is 12.4 Å². The summed E-state index contributed by atoms with van der Waals surface area (Å²) in [6.07, 6.45) is 6.67. The van der Waals surface area contributed by atoms with Gasteiger partial charge in [0.1, 0.15) is 5.76 Å². The molecule has 1 N–H and O–H groups in total. The number of hydrogen-bond acceptors (Lipinski definition) is 3. The zero-order valence-electron chi connectivity index (χ0n) is 10.1. The molecule has 0 aliphatic heterocycles. The summed E-state index contributed by atoms with van der Waals surface area (Å²) in [5.74, 6) is 1.08.